The molecule has 0 aliphatic heterocycles. The predicted octanol–water partition coefficient (Wildman–Crippen LogP) is 10.2. The van der Waals surface area contributed by atoms with Gasteiger partial charge in [-0.25, -0.2) is 37.5 Å². The number of para-hydroxylation sites is 2. The Balaban J connectivity index is 1.46. The van der Waals surface area contributed by atoms with Crippen molar-refractivity contribution in [3.8, 4) is 28.6 Å². The van der Waals surface area contributed by atoms with E-state index in [1.807, 2.05) is 0 Å². The number of fused-ring (bicyclic) bond motifs is 5. The second-order valence-corrected chi connectivity index (χ2v) is 12.7. The highest BCUT2D eigenvalue weighted by Crippen LogP contribution is 2.53. The lowest BCUT2D eigenvalue weighted by Gasteiger charge is -2.17. The molecule has 0 radical (unpaired) electrons. The van der Waals surface area contributed by atoms with E-state index in [1.165, 1.54) is 18.5 Å². The minimum atomic E-state index is -5.16. The Kier molecular flexibility index (Phi) is 8.29. The van der Waals surface area contributed by atoms with E-state index < -0.39 is 109 Å². The standard InChI is InChI=1S/C40H18F10N6/c41-33-25(14-51)34(42)36(44)32(35(33)43)37(52)31-22-9-19(10-30-53-15-17-5-1-3-7-28(17)55-30)26(39(45,46)47)12-20(22)21-13-27(40(48,49)50)24(11-23(21)31)38-54-16-18-6-2-4-8-29(18)56-38/h1-9,11-13,15-16H,10,52H2/b37-31+. The van der Waals surface area contributed by atoms with E-state index in [0.29, 0.717) is 28.4 Å². The number of aromatic nitrogens is 4. The van der Waals surface area contributed by atoms with Crippen LogP contribution in [0.3, 0.4) is 0 Å². The van der Waals surface area contributed by atoms with Crippen molar-refractivity contribution in [3.05, 3.63) is 153 Å². The van der Waals surface area contributed by atoms with Crippen molar-refractivity contribution >= 4 is 33.1 Å². The zero-order chi connectivity index (χ0) is 39.8. The summed E-state index contributed by atoms with van der Waals surface area (Å²) in [5.74, 6) is -9.06. The Bertz CT molecular complexity index is 2860. The molecular formula is C40H18F10N6. The molecule has 1 aliphatic carbocycles. The molecule has 0 unspecified atom stereocenters. The number of hydrogen-bond donors (Lipinski definition) is 1. The zero-order valence-electron chi connectivity index (χ0n) is 27.9. The third kappa shape index (κ3) is 5.83. The van der Waals surface area contributed by atoms with Gasteiger partial charge in [-0.2, -0.15) is 31.6 Å². The SMILES string of the molecule is N#Cc1c(F)c(F)c(/C(N)=C2/c3cc(Cc4ncc5ccccc5n4)c(C(F)(F)F)cc3-c3cc(C(F)(F)F)c(-c4ncc5ccccc5n4)cc32)c(F)c1F. The summed E-state index contributed by atoms with van der Waals surface area (Å²) >= 11 is 0. The molecule has 6 nitrogen and oxygen atoms in total. The number of nitriles is 1. The number of rotatable bonds is 4. The summed E-state index contributed by atoms with van der Waals surface area (Å²) in [7, 11) is 0. The third-order valence-electron chi connectivity index (χ3n) is 9.37. The molecule has 8 rings (SSSR count). The van der Waals surface area contributed by atoms with Crippen LogP contribution < -0.4 is 5.73 Å². The molecule has 2 aromatic heterocycles. The number of nitrogens with zero attached hydrogens (tertiary/aromatic N) is 5. The summed E-state index contributed by atoms with van der Waals surface area (Å²) in [5, 5.41) is 10.2. The molecule has 0 saturated carbocycles. The Morgan fingerprint density at radius 3 is 1.75 bits per heavy atom. The van der Waals surface area contributed by atoms with Gasteiger partial charge in [0.2, 0.25) is 0 Å². The van der Waals surface area contributed by atoms with Crippen LogP contribution in [0.4, 0.5) is 43.9 Å². The first-order valence-electron chi connectivity index (χ1n) is 16.3. The molecule has 0 amide bonds. The maximum absolute atomic E-state index is 15.6. The van der Waals surface area contributed by atoms with E-state index in [-0.39, 0.29) is 16.9 Å². The number of alkyl halides is 6. The molecule has 56 heavy (non-hydrogen) atoms. The van der Waals surface area contributed by atoms with Gasteiger partial charge >= 0.3 is 12.4 Å². The summed E-state index contributed by atoms with van der Waals surface area (Å²) in [5.41, 5.74) is -3.56. The molecule has 0 bridgehead atoms. The van der Waals surface area contributed by atoms with Crippen LogP contribution in [0.1, 0.15) is 44.8 Å². The van der Waals surface area contributed by atoms with Gasteiger partial charge in [-0.05, 0) is 64.2 Å². The van der Waals surface area contributed by atoms with Crippen LogP contribution in [0.15, 0.2) is 85.2 Å². The van der Waals surface area contributed by atoms with E-state index in [4.69, 9.17) is 11.0 Å². The highest BCUT2D eigenvalue weighted by molar-refractivity contribution is 6.11. The average Bonchev–Trinajstić information content (AvgIpc) is 3.48. The molecule has 2 N–H and O–H groups in total. The molecule has 0 spiro atoms. The van der Waals surface area contributed by atoms with Crippen molar-refractivity contribution in [3.63, 3.8) is 0 Å². The predicted molar refractivity (Wildman–Crippen MR) is 184 cm³/mol. The molecule has 16 heteroatoms. The lowest BCUT2D eigenvalue weighted by Crippen LogP contribution is -2.13. The van der Waals surface area contributed by atoms with Gasteiger partial charge in [0.15, 0.2) is 29.1 Å². The lowest BCUT2D eigenvalue weighted by atomic mass is 9.92. The fourth-order valence-electron chi connectivity index (χ4n) is 6.83. The second kappa shape index (κ2) is 12.9. The van der Waals surface area contributed by atoms with Crippen molar-refractivity contribution in [1.82, 2.24) is 19.9 Å². The van der Waals surface area contributed by atoms with Crippen LogP contribution in [0.25, 0.3) is 55.6 Å². The van der Waals surface area contributed by atoms with Crippen LogP contribution in [0.2, 0.25) is 0 Å². The van der Waals surface area contributed by atoms with Crippen LogP contribution in [-0.2, 0) is 18.8 Å². The Hall–Kier alpha value is -6.89. The lowest BCUT2D eigenvalue weighted by molar-refractivity contribution is -0.138. The van der Waals surface area contributed by atoms with E-state index in [2.05, 4.69) is 19.9 Å². The summed E-state index contributed by atoms with van der Waals surface area (Å²) in [6, 6.07) is 16.8. The molecular weight excluding hydrogens is 754 g/mol. The summed E-state index contributed by atoms with van der Waals surface area (Å²) < 4.78 is 150. The molecule has 2 heterocycles. The van der Waals surface area contributed by atoms with Crippen molar-refractivity contribution in [2.24, 2.45) is 5.73 Å². The van der Waals surface area contributed by atoms with E-state index in [9.17, 15) is 35.1 Å². The van der Waals surface area contributed by atoms with E-state index in [1.54, 1.807) is 42.5 Å². The minimum Gasteiger partial charge on any atom is -0.398 e. The van der Waals surface area contributed by atoms with Gasteiger partial charge in [0.1, 0.15) is 17.5 Å². The van der Waals surface area contributed by atoms with Crippen LogP contribution in [0, 0.1) is 34.6 Å². The van der Waals surface area contributed by atoms with Gasteiger partial charge < -0.3 is 5.73 Å². The molecule has 1 aliphatic rings. The molecule has 5 aromatic carbocycles. The van der Waals surface area contributed by atoms with Gasteiger partial charge in [0, 0.05) is 40.7 Å². The summed E-state index contributed by atoms with van der Waals surface area (Å²) in [6.45, 7) is 0. The van der Waals surface area contributed by atoms with Crippen molar-refractivity contribution < 1.29 is 43.9 Å². The van der Waals surface area contributed by atoms with E-state index in [0.717, 1.165) is 18.2 Å². The normalized spacial score (nSPS) is 13.5. The largest absolute Gasteiger partial charge is 0.417 e. The number of nitrogens with two attached hydrogens (primary N) is 1. The van der Waals surface area contributed by atoms with Crippen molar-refractivity contribution in [2.75, 3.05) is 0 Å². The van der Waals surface area contributed by atoms with Crippen molar-refractivity contribution in [2.45, 2.75) is 18.8 Å². The maximum atomic E-state index is 15.6. The first-order chi connectivity index (χ1) is 26.6. The molecule has 278 valence electrons. The van der Waals surface area contributed by atoms with Gasteiger partial charge in [-0.1, -0.05) is 36.4 Å². The highest BCUT2D eigenvalue weighted by Gasteiger charge is 2.41. The van der Waals surface area contributed by atoms with E-state index >= 15 is 8.78 Å². The monoisotopic (exact) mass is 772 g/mol. The van der Waals surface area contributed by atoms with Crippen LogP contribution in [0.5, 0.6) is 0 Å². The maximum Gasteiger partial charge on any atom is 0.417 e. The number of hydrogen-bond acceptors (Lipinski definition) is 6. The zero-order valence-corrected chi connectivity index (χ0v) is 27.9. The Morgan fingerprint density at radius 2 is 1.16 bits per heavy atom. The van der Waals surface area contributed by atoms with Crippen molar-refractivity contribution in [1.29, 1.82) is 5.26 Å². The van der Waals surface area contributed by atoms with Crippen LogP contribution in [-0.4, -0.2) is 19.9 Å². The molecule has 0 fully saturated rings. The number of benzene rings is 5. The first-order valence-corrected chi connectivity index (χ1v) is 16.3. The Morgan fingerprint density at radius 1 is 0.625 bits per heavy atom. The second-order valence-electron chi connectivity index (χ2n) is 12.7. The van der Waals surface area contributed by atoms with Gasteiger partial charge in [-0.3, -0.25) is 0 Å². The molecule has 7 aromatic rings. The molecule has 0 atom stereocenters. The van der Waals surface area contributed by atoms with Crippen LogP contribution >= 0.6 is 0 Å². The van der Waals surface area contributed by atoms with Gasteiger partial charge in [0.05, 0.1) is 33.4 Å². The third-order valence-corrected chi connectivity index (χ3v) is 9.37. The fraction of sp³-hybridized carbons (Fsp3) is 0.0750. The molecule has 0 saturated heterocycles. The highest BCUT2D eigenvalue weighted by atomic mass is 19.4. The topological polar surface area (TPSA) is 101 Å². The smallest absolute Gasteiger partial charge is 0.398 e. The Labute approximate surface area is 308 Å². The minimum absolute atomic E-state index is 0.0911. The average molecular weight is 773 g/mol. The number of halogens is 10. The van der Waals surface area contributed by atoms with Gasteiger partial charge in [-0.15, -0.1) is 0 Å². The quantitative estimate of drug-likeness (QED) is 0.141. The first kappa shape index (κ1) is 36.1. The van der Waals surface area contributed by atoms with Gasteiger partial charge in [0.25, 0.3) is 0 Å². The summed E-state index contributed by atoms with van der Waals surface area (Å²) in [4.78, 5) is 16.8. The summed E-state index contributed by atoms with van der Waals surface area (Å²) in [6.07, 6.45) is -8.23. The fourth-order valence-corrected chi connectivity index (χ4v) is 6.83.